The van der Waals surface area contributed by atoms with E-state index in [2.05, 4.69) is 39.8 Å². The molecular weight excluding hydrogens is 234 g/mol. The van der Waals surface area contributed by atoms with Crippen molar-refractivity contribution in [3.63, 3.8) is 0 Å². The smallest absolute Gasteiger partial charge is 0.119 e. The number of hydrogen-bond donors (Lipinski definition) is 1. The summed E-state index contributed by atoms with van der Waals surface area (Å²) in [5, 5.41) is 0. The summed E-state index contributed by atoms with van der Waals surface area (Å²) in [4.78, 5) is 0. The summed E-state index contributed by atoms with van der Waals surface area (Å²) in [6.45, 7) is 9.32. The summed E-state index contributed by atoms with van der Waals surface area (Å²) < 4.78 is 5.34. The summed E-state index contributed by atoms with van der Waals surface area (Å²) in [7, 11) is 1.71. The van der Waals surface area contributed by atoms with Crippen LogP contribution in [-0.4, -0.2) is 7.11 Å². The Morgan fingerprint density at radius 2 is 1.58 bits per heavy atom. The highest BCUT2D eigenvalue weighted by molar-refractivity contribution is 5.34. The van der Waals surface area contributed by atoms with Crippen molar-refractivity contribution >= 4 is 0 Å². The van der Waals surface area contributed by atoms with Crippen LogP contribution < -0.4 is 10.5 Å². The van der Waals surface area contributed by atoms with E-state index in [4.69, 9.17) is 10.5 Å². The van der Waals surface area contributed by atoms with Crippen molar-refractivity contribution < 1.29 is 4.74 Å². The molecule has 2 N–H and O–H groups in total. The minimum Gasteiger partial charge on any atom is -0.497 e. The molecule has 1 saturated carbocycles. The molecule has 2 rings (SSSR count). The van der Waals surface area contributed by atoms with E-state index in [0.29, 0.717) is 0 Å². The normalized spacial score (nSPS) is 23.9. The molecule has 2 nitrogen and oxygen atoms in total. The highest BCUT2D eigenvalue weighted by Crippen LogP contribution is 2.52. The minimum absolute atomic E-state index is 0.250. The van der Waals surface area contributed by atoms with Crippen molar-refractivity contribution in [3.05, 3.63) is 29.8 Å². The molecular formula is C17H27NO. The van der Waals surface area contributed by atoms with Crippen LogP contribution in [0.1, 0.15) is 52.5 Å². The maximum atomic E-state index is 6.80. The zero-order valence-corrected chi connectivity index (χ0v) is 12.9. The summed E-state index contributed by atoms with van der Waals surface area (Å²) in [5.74, 6) is 0.892. The Bertz CT molecular complexity index is 446. The molecule has 1 aliphatic rings. The second-order valence-corrected chi connectivity index (χ2v) is 7.75. The van der Waals surface area contributed by atoms with Gasteiger partial charge in [-0.1, -0.05) is 39.8 Å². The van der Waals surface area contributed by atoms with E-state index >= 15 is 0 Å². The van der Waals surface area contributed by atoms with Crippen molar-refractivity contribution in [3.8, 4) is 5.75 Å². The van der Waals surface area contributed by atoms with Crippen LogP contribution in [0.15, 0.2) is 24.3 Å². The molecule has 0 saturated heterocycles. The summed E-state index contributed by atoms with van der Waals surface area (Å²) in [6, 6.07) is 8.25. The van der Waals surface area contributed by atoms with Gasteiger partial charge >= 0.3 is 0 Å². The molecule has 1 aromatic rings. The SMILES string of the molecule is COc1cccc(C2(N)CC(C)(C)CC(C)(C)C2)c1. The molecule has 1 fully saturated rings. The monoisotopic (exact) mass is 261 g/mol. The largest absolute Gasteiger partial charge is 0.497 e. The van der Waals surface area contributed by atoms with Gasteiger partial charge in [-0.15, -0.1) is 0 Å². The van der Waals surface area contributed by atoms with Crippen LogP contribution in [0.3, 0.4) is 0 Å². The second kappa shape index (κ2) is 4.52. The topological polar surface area (TPSA) is 35.2 Å². The number of benzene rings is 1. The number of nitrogens with two attached hydrogens (primary N) is 1. The molecule has 0 spiro atoms. The number of rotatable bonds is 2. The first-order valence-corrected chi connectivity index (χ1v) is 7.09. The maximum Gasteiger partial charge on any atom is 0.119 e. The first-order valence-electron chi connectivity index (χ1n) is 7.09. The Morgan fingerprint density at radius 1 is 1.00 bits per heavy atom. The van der Waals surface area contributed by atoms with E-state index in [0.717, 1.165) is 18.6 Å². The Morgan fingerprint density at radius 3 is 2.11 bits per heavy atom. The fraction of sp³-hybridized carbons (Fsp3) is 0.647. The second-order valence-electron chi connectivity index (χ2n) is 7.75. The van der Waals surface area contributed by atoms with Gasteiger partial charge in [0.05, 0.1) is 7.11 Å². The fourth-order valence-corrected chi connectivity index (χ4v) is 4.33. The van der Waals surface area contributed by atoms with Gasteiger partial charge < -0.3 is 10.5 Å². The van der Waals surface area contributed by atoms with Gasteiger partial charge in [0.25, 0.3) is 0 Å². The lowest BCUT2D eigenvalue weighted by Crippen LogP contribution is -2.49. The quantitative estimate of drug-likeness (QED) is 0.870. The van der Waals surface area contributed by atoms with Crippen molar-refractivity contribution in [1.82, 2.24) is 0 Å². The zero-order valence-electron chi connectivity index (χ0n) is 12.9. The molecule has 0 amide bonds. The molecule has 2 heteroatoms. The van der Waals surface area contributed by atoms with Gasteiger partial charge in [0.1, 0.15) is 5.75 Å². The van der Waals surface area contributed by atoms with E-state index in [-0.39, 0.29) is 16.4 Å². The predicted octanol–water partition coefficient (Wildman–Crippen LogP) is 4.09. The lowest BCUT2D eigenvalue weighted by atomic mass is 9.57. The van der Waals surface area contributed by atoms with Crippen molar-refractivity contribution in [1.29, 1.82) is 0 Å². The average Bonchev–Trinajstić information content (AvgIpc) is 2.24. The fourth-order valence-electron chi connectivity index (χ4n) is 4.33. The predicted molar refractivity (Wildman–Crippen MR) is 80.3 cm³/mol. The minimum atomic E-state index is -0.250. The van der Waals surface area contributed by atoms with Crippen LogP contribution in [-0.2, 0) is 5.54 Å². The Labute approximate surface area is 117 Å². The number of hydrogen-bond acceptors (Lipinski definition) is 2. The van der Waals surface area contributed by atoms with Crippen molar-refractivity contribution in [2.75, 3.05) is 7.11 Å². The summed E-state index contributed by atoms with van der Waals surface area (Å²) in [6.07, 6.45) is 3.27. The lowest BCUT2D eigenvalue weighted by Gasteiger charge is -2.50. The first-order chi connectivity index (χ1) is 8.66. The van der Waals surface area contributed by atoms with E-state index in [1.807, 2.05) is 12.1 Å². The van der Waals surface area contributed by atoms with Gasteiger partial charge in [-0.2, -0.15) is 0 Å². The van der Waals surface area contributed by atoms with E-state index < -0.39 is 0 Å². The van der Waals surface area contributed by atoms with Crippen LogP contribution in [0.4, 0.5) is 0 Å². The van der Waals surface area contributed by atoms with Gasteiger partial charge in [-0.3, -0.25) is 0 Å². The summed E-state index contributed by atoms with van der Waals surface area (Å²) in [5.41, 5.74) is 8.31. The molecule has 1 aliphatic carbocycles. The van der Waals surface area contributed by atoms with E-state index in [9.17, 15) is 0 Å². The Kier molecular flexibility index (Phi) is 3.42. The van der Waals surface area contributed by atoms with Gasteiger partial charge in [-0.25, -0.2) is 0 Å². The molecule has 0 bridgehead atoms. The van der Waals surface area contributed by atoms with Crippen LogP contribution in [0.5, 0.6) is 5.75 Å². The Hall–Kier alpha value is -1.02. The molecule has 0 aromatic heterocycles. The van der Waals surface area contributed by atoms with E-state index in [1.54, 1.807) is 7.11 Å². The molecule has 1 aromatic carbocycles. The van der Waals surface area contributed by atoms with Gasteiger partial charge in [0.15, 0.2) is 0 Å². The first kappa shape index (κ1) is 14.4. The van der Waals surface area contributed by atoms with Crippen LogP contribution in [0.25, 0.3) is 0 Å². The Balaban J connectivity index is 2.40. The van der Waals surface area contributed by atoms with Crippen molar-refractivity contribution in [2.45, 2.75) is 52.5 Å². The molecule has 19 heavy (non-hydrogen) atoms. The molecule has 106 valence electrons. The van der Waals surface area contributed by atoms with Gasteiger partial charge in [0.2, 0.25) is 0 Å². The van der Waals surface area contributed by atoms with Crippen LogP contribution in [0, 0.1) is 10.8 Å². The summed E-state index contributed by atoms with van der Waals surface area (Å²) >= 11 is 0. The highest BCUT2D eigenvalue weighted by Gasteiger charge is 2.46. The highest BCUT2D eigenvalue weighted by atomic mass is 16.5. The third-order valence-electron chi connectivity index (χ3n) is 4.19. The lowest BCUT2D eigenvalue weighted by molar-refractivity contribution is 0.0469. The number of methoxy groups -OCH3 is 1. The van der Waals surface area contributed by atoms with Crippen molar-refractivity contribution in [2.24, 2.45) is 16.6 Å². The standard InChI is InChI=1S/C17H27NO/c1-15(2)10-16(3,4)12-17(18,11-15)13-7-6-8-14(9-13)19-5/h6-9H,10-12,18H2,1-5H3. The van der Waals surface area contributed by atoms with Gasteiger partial charge in [0, 0.05) is 5.54 Å². The molecule has 0 unspecified atom stereocenters. The molecule has 0 radical (unpaired) electrons. The maximum absolute atomic E-state index is 6.80. The zero-order chi connectivity index (χ0) is 14.3. The van der Waals surface area contributed by atoms with Crippen LogP contribution >= 0.6 is 0 Å². The third kappa shape index (κ3) is 3.11. The van der Waals surface area contributed by atoms with Crippen LogP contribution in [0.2, 0.25) is 0 Å². The molecule has 0 heterocycles. The molecule has 0 aliphatic heterocycles. The number of ether oxygens (including phenoxy) is 1. The molecule has 0 atom stereocenters. The average molecular weight is 261 g/mol. The third-order valence-corrected chi connectivity index (χ3v) is 4.19. The van der Waals surface area contributed by atoms with Gasteiger partial charge in [-0.05, 0) is 47.8 Å². The van der Waals surface area contributed by atoms with E-state index in [1.165, 1.54) is 12.0 Å².